The van der Waals surface area contributed by atoms with Gasteiger partial charge in [-0.3, -0.25) is 13.9 Å². The van der Waals surface area contributed by atoms with Crippen LogP contribution in [-0.4, -0.2) is 27.8 Å². The van der Waals surface area contributed by atoms with Gasteiger partial charge in [0.15, 0.2) is 0 Å². The Morgan fingerprint density at radius 1 is 1.15 bits per heavy atom. The summed E-state index contributed by atoms with van der Waals surface area (Å²) in [4.78, 5) is 32.4. The van der Waals surface area contributed by atoms with Gasteiger partial charge in [-0.05, 0) is 30.2 Å². The summed E-state index contributed by atoms with van der Waals surface area (Å²) in [7, 11) is 3.36. The second-order valence-corrected chi connectivity index (χ2v) is 8.83. The molecule has 8 nitrogen and oxygen atoms in total. The highest BCUT2D eigenvalue weighted by Crippen LogP contribution is 2.30. The standard InChI is InChI=1S/C25H27N5O3/c1-16-13-28(19-10-7-11-20(12-19)33-4)24-26-22-21(29(24)14-16)23(31)30(25(32)27(22)3)15-18-9-6-5-8-17(18)2/h5-12,16H,13-15H2,1-4H3/p+1/t16-/m1/s1. The zero-order chi connectivity index (χ0) is 23.3. The van der Waals surface area contributed by atoms with Crippen LogP contribution >= 0.6 is 0 Å². The number of H-pyrrole nitrogens is 1. The van der Waals surface area contributed by atoms with Crippen LogP contribution in [0.3, 0.4) is 0 Å². The molecule has 3 heterocycles. The number of imidazole rings is 1. The molecular weight excluding hydrogens is 418 g/mol. The second-order valence-electron chi connectivity index (χ2n) is 8.83. The maximum Gasteiger partial charge on any atom is 0.364 e. The van der Waals surface area contributed by atoms with Crippen LogP contribution in [0.25, 0.3) is 11.2 Å². The number of nitrogens with one attached hydrogen (secondary N) is 1. The van der Waals surface area contributed by atoms with Gasteiger partial charge in [0.25, 0.3) is 5.56 Å². The molecule has 2 aromatic carbocycles. The Hall–Kier alpha value is -3.81. The molecule has 33 heavy (non-hydrogen) atoms. The summed E-state index contributed by atoms with van der Waals surface area (Å²) in [6.07, 6.45) is 0. The second kappa shape index (κ2) is 7.95. The molecule has 0 radical (unpaired) electrons. The van der Waals surface area contributed by atoms with Crippen molar-refractivity contribution < 1.29 is 9.30 Å². The molecule has 0 bridgehead atoms. The van der Waals surface area contributed by atoms with E-state index in [1.165, 1.54) is 9.13 Å². The number of anilines is 2. The molecule has 0 aliphatic carbocycles. The minimum absolute atomic E-state index is 0.240. The maximum absolute atomic E-state index is 13.7. The summed E-state index contributed by atoms with van der Waals surface area (Å²) in [5.74, 6) is 1.85. The van der Waals surface area contributed by atoms with Crippen LogP contribution in [0.5, 0.6) is 5.75 Å². The molecule has 1 aliphatic rings. The fourth-order valence-electron chi connectivity index (χ4n) is 4.68. The lowest BCUT2D eigenvalue weighted by Crippen LogP contribution is -2.52. The highest BCUT2D eigenvalue weighted by molar-refractivity contribution is 5.70. The van der Waals surface area contributed by atoms with E-state index in [4.69, 9.17) is 4.74 Å². The number of aryl methyl sites for hydroxylation is 2. The summed E-state index contributed by atoms with van der Waals surface area (Å²) in [5.41, 5.74) is 3.40. The van der Waals surface area contributed by atoms with E-state index in [1.54, 1.807) is 14.2 Å². The van der Waals surface area contributed by atoms with Crippen LogP contribution in [0.2, 0.25) is 0 Å². The van der Waals surface area contributed by atoms with Crippen LogP contribution in [0.1, 0.15) is 18.1 Å². The van der Waals surface area contributed by atoms with Gasteiger partial charge in [-0.15, -0.1) is 0 Å². The molecule has 5 rings (SSSR count). The Morgan fingerprint density at radius 2 is 1.94 bits per heavy atom. The van der Waals surface area contributed by atoms with Gasteiger partial charge in [-0.2, -0.15) is 0 Å². The van der Waals surface area contributed by atoms with Crippen LogP contribution < -0.4 is 25.5 Å². The lowest BCUT2D eigenvalue weighted by molar-refractivity contribution is -0.669. The highest BCUT2D eigenvalue weighted by atomic mass is 16.5. The number of fused-ring (bicyclic) bond motifs is 3. The average molecular weight is 447 g/mol. The first-order valence-corrected chi connectivity index (χ1v) is 11.1. The summed E-state index contributed by atoms with van der Waals surface area (Å²) in [6.45, 7) is 5.86. The Kier molecular flexibility index (Phi) is 5.08. The molecular formula is C25H28N5O3+. The lowest BCUT2D eigenvalue weighted by Gasteiger charge is -2.26. The van der Waals surface area contributed by atoms with Crippen molar-refractivity contribution >= 4 is 22.8 Å². The fourth-order valence-corrected chi connectivity index (χ4v) is 4.68. The van der Waals surface area contributed by atoms with Gasteiger partial charge < -0.3 is 4.74 Å². The smallest absolute Gasteiger partial charge is 0.364 e. The van der Waals surface area contributed by atoms with Gasteiger partial charge >= 0.3 is 11.6 Å². The molecule has 4 aromatic rings. The molecule has 0 amide bonds. The van der Waals surface area contributed by atoms with E-state index >= 15 is 0 Å². The molecule has 2 aromatic heterocycles. The quantitative estimate of drug-likeness (QED) is 0.489. The molecule has 8 heteroatoms. The number of aromatic nitrogens is 4. The summed E-state index contributed by atoms with van der Waals surface area (Å²) < 4.78 is 10.3. The largest absolute Gasteiger partial charge is 0.497 e. The molecule has 0 unspecified atom stereocenters. The van der Waals surface area contributed by atoms with Crippen molar-refractivity contribution in [1.82, 2.24) is 14.1 Å². The van der Waals surface area contributed by atoms with Gasteiger partial charge in [-0.25, -0.2) is 19.2 Å². The first-order valence-electron chi connectivity index (χ1n) is 11.1. The third-order valence-electron chi connectivity index (χ3n) is 6.48. The van der Waals surface area contributed by atoms with Gasteiger partial charge in [0.05, 0.1) is 26.7 Å². The average Bonchev–Trinajstić information content (AvgIpc) is 3.20. The van der Waals surface area contributed by atoms with E-state index < -0.39 is 0 Å². The molecule has 170 valence electrons. The fraction of sp³-hybridized carbons (Fsp3) is 0.320. The van der Waals surface area contributed by atoms with Crippen LogP contribution in [0, 0.1) is 12.8 Å². The van der Waals surface area contributed by atoms with Crippen molar-refractivity contribution in [2.24, 2.45) is 13.0 Å². The highest BCUT2D eigenvalue weighted by Gasteiger charge is 2.36. The van der Waals surface area contributed by atoms with Crippen molar-refractivity contribution in [3.05, 3.63) is 80.5 Å². The van der Waals surface area contributed by atoms with Crippen LogP contribution in [0.15, 0.2) is 58.1 Å². The number of benzene rings is 2. The van der Waals surface area contributed by atoms with E-state index in [0.717, 1.165) is 35.1 Å². The first kappa shape index (κ1) is 21.1. The number of hydrogen-bond acceptors (Lipinski definition) is 4. The molecule has 0 saturated heterocycles. The monoisotopic (exact) mass is 446 g/mol. The van der Waals surface area contributed by atoms with Gasteiger partial charge in [0.1, 0.15) is 11.4 Å². The SMILES string of the molecule is COc1cccc(N2C[C@@H](C)C[n+]3c2[nH]c2c3c(=O)n(Cc3ccccc3C)c(=O)n2C)c1. The van der Waals surface area contributed by atoms with Crippen molar-refractivity contribution in [2.75, 3.05) is 18.6 Å². The van der Waals surface area contributed by atoms with Crippen molar-refractivity contribution in [2.45, 2.75) is 26.9 Å². The molecule has 1 aliphatic heterocycles. The Balaban J connectivity index is 1.72. The number of methoxy groups -OCH3 is 1. The van der Waals surface area contributed by atoms with Crippen molar-refractivity contribution in [3.8, 4) is 5.75 Å². The third kappa shape index (κ3) is 3.42. The van der Waals surface area contributed by atoms with Gasteiger partial charge in [0, 0.05) is 19.0 Å². The van der Waals surface area contributed by atoms with E-state index in [2.05, 4.69) is 16.8 Å². The zero-order valence-corrected chi connectivity index (χ0v) is 19.3. The minimum atomic E-state index is -0.337. The summed E-state index contributed by atoms with van der Waals surface area (Å²) >= 11 is 0. The number of rotatable bonds is 4. The van der Waals surface area contributed by atoms with Gasteiger partial charge in [0.2, 0.25) is 11.2 Å². The van der Waals surface area contributed by atoms with Crippen LogP contribution in [-0.2, 0) is 20.1 Å². The molecule has 0 spiro atoms. The number of aromatic amines is 1. The van der Waals surface area contributed by atoms with Crippen LogP contribution in [0.4, 0.5) is 11.6 Å². The van der Waals surface area contributed by atoms with Gasteiger partial charge in [-0.1, -0.05) is 37.3 Å². The zero-order valence-electron chi connectivity index (χ0n) is 19.3. The summed E-state index contributed by atoms with van der Waals surface area (Å²) in [6, 6.07) is 15.7. The predicted octanol–water partition coefficient (Wildman–Crippen LogP) is 2.47. The van der Waals surface area contributed by atoms with Crippen molar-refractivity contribution in [1.29, 1.82) is 0 Å². The number of nitrogens with zero attached hydrogens (tertiary/aromatic N) is 4. The lowest BCUT2D eigenvalue weighted by atomic mass is 10.1. The first-order chi connectivity index (χ1) is 15.9. The van der Waals surface area contributed by atoms with Crippen molar-refractivity contribution in [3.63, 3.8) is 0 Å². The van der Waals surface area contributed by atoms with E-state index in [9.17, 15) is 9.59 Å². The molecule has 1 N–H and O–H groups in total. The van der Waals surface area contributed by atoms with E-state index in [-0.39, 0.29) is 17.8 Å². The maximum atomic E-state index is 13.7. The Bertz CT molecular complexity index is 1480. The number of ether oxygens (including phenoxy) is 1. The third-order valence-corrected chi connectivity index (χ3v) is 6.48. The Labute approximate surface area is 191 Å². The topological polar surface area (TPSA) is 76.1 Å². The normalized spacial score (nSPS) is 15.6. The number of hydrogen-bond donors (Lipinski definition) is 1. The minimum Gasteiger partial charge on any atom is -0.497 e. The molecule has 0 saturated carbocycles. The van der Waals surface area contributed by atoms with E-state index in [0.29, 0.717) is 23.6 Å². The Morgan fingerprint density at radius 3 is 2.70 bits per heavy atom. The van der Waals surface area contributed by atoms with E-state index in [1.807, 2.05) is 60.0 Å². The molecule has 0 fully saturated rings. The predicted molar refractivity (Wildman–Crippen MR) is 127 cm³/mol. The molecule has 1 atom stereocenters. The summed E-state index contributed by atoms with van der Waals surface area (Å²) in [5, 5.41) is 0.